The van der Waals surface area contributed by atoms with Crippen molar-refractivity contribution in [1.29, 1.82) is 0 Å². The summed E-state index contributed by atoms with van der Waals surface area (Å²) in [5, 5.41) is 5.71. The molecular weight excluding hydrogens is 347 g/mol. The highest BCUT2D eigenvalue weighted by Crippen LogP contribution is 2.21. The van der Waals surface area contributed by atoms with E-state index in [1.807, 2.05) is 18.4 Å². The van der Waals surface area contributed by atoms with Crippen LogP contribution in [0.3, 0.4) is 0 Å². The van der Waals surface area contributed by atoms with E-state index in [1.165, 1.54) is 12.1 Å². The molecule has 0 atom stereocenters. The van der Waals surface area contributed by atoms with E-state index in [0.717, 1.165) is 30.5 Å². The fourth-order valence-corrected chi connectivity index (χ4v) is 3.28. The highest BCUT2D eigenvalue weighted by Gasteiger charge is 2.27. The van der Waals surface area contributed by atoms with Gasteiger partial charge in [0.15, 0.2) is 5.82 Å². The second kappa shape index (κ2) is 8.33. The number of carbonyl (C=O) groups excluding carboxylic acids is 2. The molecule has 0 spiro atoms. The van der Waals surface area contributed by atoms with E-state index in [4.69, 9.17) is 0 Å². The molecule has 0 fully saturated rings. The number of hydrogen-bond donors (Lipinski definition) is 2. The van der Waals surface area contributed by atoms with Gasteiger partial charge in [-0.2, -0.15) is 0 Å². The van der Waals surface area contributed by atoms with Gasteiger partial charge in [0.2, 0.25) is 0 Å². The third-order valence-corrected chi connectivity index (χ3v) is 4.57. The second-order valence-corrected chi connectivity index (χ2v) is 7.10. The molecule has 1 aromatic heterocycles. The van der Waals surface area contributed by atoms with Gasteiger partial charge >= 0.3 is 0 Å². The monoisotopic (exact) mass is 372 g/mol. The SMILES string of the molecule is CC(C)NC(=O)c1nc(C(=O)NCCc2ccc(F)cc2)c2n1CCCC2. The first-order valence-electron chi connectivity index (χ1n) is 9.38. The molecule has 0 radical (unpaired) electrons. The van der Waals surface area contributed by atoms with Crippen molar-refractivity contribution in [2.45, 2.75) is 52.1 Å². The van der Waals surface area contributed by atoms with E-state index in [0.29, 0.717) is 31.0 Å². The molecule has 7 heteroatoms. The molecule has 0 saturated heterocycles. The summed E-state index contributed by atoms with van der Waals surface area (Å²) in [5.74, 6) is -0.494. The van der Waals surface area contributed by atoms with E-state index in [1.54, 1.807) is 12.1 Å². The van der Waals surface area contributed by atoms with Gasteiger partial charge < -0.3 is 15.2 Å². The Hall–Kier alpha value is -2.70. The van der Waals surface area contributed by atoms with Gasteiger partial charge in [-0.05, 0) is 57.2 Å². The Balaban J connectivity index is 1.71. The first-order chi connectivity index (χ1) is 13.0. The molecule has 1 aromatic carbocycles. The Bertz CT molecular complexity index is 827. The van der Waals surface area contributed by atoms with E-state index >= 15 is 0 Å². The Kier molecular flexibility index (Phi) is 5.88. The van der Waals surface area contributed by atoms with Crippen LogP contribution in [-0.4, -0.2) is 34.0 Å². The average molecular weight is 372 g/mol. The van der Waals surface area contributed by atoms with Crippen LogP contribution < -0.4 is 10.6 Å². The lowest BCUT2D eigenvalue weighted by Crippen LogP contribution is -2.33. The van der Waals surface area contributed by atoms with Crippen molar-refractivity contribution in [3.63, 3.8) is 0 Å². The van der Waals surface area contributed by atoms with Crippen LogP contribution in [0.1, 0.15) is 59.1 Å². The minimum Gasteiger partial charge on any atom is -0.350 e. The number of nitrogens with one attached hydrogen (secondary N) is 2. The third-order valence-electron chi connectivity index (χ3n) is 4.57. The van der Waals surface area contributed by atoms with Crippen LogP contribution in [0.4, 0.5) is 4.39 Å². The zero-order valence-electron chi connectivity index (χ0n) is 15.7. The van der Waals surface area contributed by atoms with Crippen molar-refractivity contribution >= 4 is 11.8 Å². The number of halogens is 1. The number of carbonyl (C=O) groups is 2. The first kappa shape index (κ1) is 19.1. The fraction of sp³-hybridized carbons (Fsp3) is 0.450. The minimum absolute atomic E-state index is 0.00188. The van der Waals surface area contributed by atoms with E-state index in [2.05, 4.69) is 15.6 Å². The van der Waals surface area contributed by atoms with Crippen molar-refractivity contribution in [3.05, 3.63) is 52.9 Å². The minimum atomic E-state index is -0.278. The summed E-state index contributed by atoms with van der Waals surface area (Å²) in [4.78, 5) is 29.4. The Morgan fingerprint density at radius 3 is 2.63 bits per heavy atom. The summed E-state index contributed by atoms with van der Waals surface area (Å²) in [6.07, 6.45) is 3.29. The summed E-state index contributed by atoms with van der Waals surface area (Å²) in [5.41, 5.74) is 2.11. The molecule has 1 aliphatic rings. The predicted molar refractivity (Wildman–Crippen MR) is 100 cm³/mol. The quantitative estimate of drug-likeness (QED) is 0.818. The number of aromatic nitrogens is 2. The van der Waals surface area contributed by atoms with Gasteiger partial charge in [-0.3, -0.25) is 9.59 Å². The number of benzene rings is 1. The highest BCUT2D eigenvalue weighted by molar-refractivity contribution is 5.97. The van der Waals surface area contributed by atoms with Crippen LogP contribution in [0.25, 0.3) is 0 Å². The van der Waals surface area contributed by atoms with Gasteiger partial charge in [0.1, 0.15) is 11.5 Å². The molecule has 1 aliphatic heterocycles. The molecule has 2 N–H and O–H groups in total. The van der Waals surface area contributed by atoms with Crippen LogP contribution in [-0.2, 0) is 19.4 Å². The lowest BCUT2D eigenvalue weighted by atomic mass is 10.1. The molecule has 2 amide bonds. The molecule has 0 unspecified atom stereocenters. The van der Waals surface area contributed by atoms with Crippen LogP contribution in [0.5, 0.6) is 0 Å². The highest BCUT2D eigenvalue weighted by atomic mass is 19.1. The molecule has 0 aliphatic carbocycles. The molecule has 0 bridgehead atoms. The number of fused-ring (bicyclic) bond motifs is 1. The summed E-state index contributed by atoms with van der Waals surface area (Å²) >= 11 is 0. The van der Waals surface area contributed by atoms with Crippen molar-refractivity contribution < 1.29 is 14.0 Å². The topological polar surface area (TPSA) is 76.0 Å². The Morgan fingerprint density at radius 1 is 1.19 bits per heavy atom. The molecule has 2 heterocycles. The first-order valence-corrected chi connectivity index (χ1v) is 9.38. The zero-order valence-corrected chi connectivity index (χ0v) is 15.7. The Labute approximate surface area is 158 Å². The lowest BCUT2D eigenvalue weighted by Gasteiger charge is -2.17. The zero-order chi connectivity index (χ0) is 19.4. The van der Waals surface area contributed by atoms with Crippen LogP contribution in [0.15, 0.2) is 24.3 Å². The molecular formula is C20H25FN4O2. The number of amides is 2. The van der Waals surface area contributed by atoms with Gasteiger partial charge in [-0.1, -0.05) is 12.1 Å². The smallest absolute Gasteiger partial charge is 0.287 e. The van der Waals surface area contributed by atoms with Gasteiger partial charge in [-0.15, -0.1) is 0 Å². The molecule has 144 valence electrons. The maximum absolute atomic E-state index is 13.0. The maximum Gasteiger partial charge on any atom is 0.287 e. The Morgan fingerprint density at radius 2 is 1.93 bits per heavy atom. The molecule has 0 saturated carbocycles. The summed E-state index contributed by atoms with van der Waals surface area (Å²) in [7, 11) is 0. The number of rotatable bonds is 6. The van der Waals surface area contributed by atoms with E-state index in [9.17, 15) is 14.0 Å². The van der Waals surface area contributed by atoms with Gasteiger partial charge in [0.05, 0.1) is 5.69 Å². The third kappa shape index (κ3) is 4.53. The predicted octanol–water partition coefficient (Wildman–Crippen LogP) is 2.47. The molecule has 6 nitrogen and oxygen atoms in total. The number of imidazole rings is 1. The molecule has 2 aromatic rings. The van der Waals surface area contributed by atoms with Gasteiger partial charge in [-0.25, -0.2) is 9.37 Å². The second-order valence-electron chi connectivity index (χ2n) is 7.10. The van der Waals surface area contributed by atoms with E-state index < -0.39 is 0 Å². The average Bonchev–Trinajstić information content (AvgIpc) is 3.03. The van der Waals surface area contributed by atoms with Crippen LogP contribution in [0.2, 0.25) is 0 Å². The van der Waals surface area contributed by atoms with Crippen molar-refractivity contribution in [3.8, 4) is 0 Å². The molecule has 27 heavy (non-hydrogen) atoms. The van der Waals surface area contributed by atoms with Crippen LogP contribution >= 0.6 is 0 Å². The van der Waals surface area contributed by atoms with Gasteiger partial charge in [0.25, 0.3) is 11.8 Å². The largest absolute Gasteiger partial charge is 0.350 e. The normalized spacial score (nSPS) is 13.3. The van der Waals surface area contributed by atoms with Crippen molar-refractivity contribution in [2.75, 3.05) is 6.54 Å². The standard InChI is InChI=1S/C20H25FN4O2/c1-13(2)23-20(27)18-24-17(16-5-3-4-12-25(16)18)19(26)22-11-10-14-6-8-15(21)9-7-14/h6-9,13H,3-5,10-12H2,1-2H3,(H,22,26)(H,23,27). The summed E-state index contributed by atoms with van der Waals surface area (Å²) in [6, 6.07) is 6.22. The molecule has 3 rings (SSSR count). The summed E-state index contributed by atoms with van der Waals surface area (Å²) < 4.78 is 14.8. The van der Waals surface area contributed by atoms with Gasteiger partial charge in [0, 0.05) is 19.1 Å². The van der Waals surface area contributed by atoms with Crippen LogP contribution in [0, 0.1) is 5.82 Å². The maximum atomic E-state index is 13.0. The van der Waals surface area contributed by atoms with Crippen molar-refractivity contribution in [1.82, 2.24) is 20.2 Å². The summed E-state index contributed by atoms with van der Waals surface area (Å²) in [6.45, 7) is 4.90. The van der Waals surface area contributed by atoms with E-state index in [-0.39, 0.29) is 23.7 Å². The lowest BCUT2D eigenvalue weighted by molar-refractivity contribution is 0.0927. The fourth-order valence-electron chi connectivity index (χ4n) is 3.28. The van der Waals surface area contributed by atoms with Crippen molar-refractivity contribution in [2.24, 2.45) is 0 Å². The number of nitrogens with zero attached hydrogens (tertiary/aromatic N) is 2. The number of hydrogen-bond acceptors (Lipinski definition) is 3.